The van der Waals surface area contributed by atoms with E-state index in [1.807, 2.05) is 6.07 Å². The molecule has 0 unspecified atom stereocenters. The lowest BCUT2D eigenvalue weighted by Crippen LogP contribution is -2.31. The summed E-state index contributed by atoms with van der Waals surface area (Å²) in [6.07, 6.45) is 0. The number of para-hydroxylation sites is 2. The second-order valence-electron chi connectivity index (χ2n) is 20.1. The van der Waals surface area contributed by atoms with Gasteiger partial charge in [0.1, 0.15) is 11.2 Å². The molecule has 3 nitrogen and oxygen atoms in total. The summed E-state index contributed by atoms with van der Waals surface area (Å²) in [4.78, 5) is 2.56. The van der Waals surface area contributed by atoms with Crippen LogP contribution in [-0.2, 0) is 10.8 Å². The summed E-state index contributed by atoms with van der Waals surface area (Å²) in [6.45, 7) is 9.72. The van der Waals surface area contributed by atoms with E-state index in [2.05, 4.69) is 225 Å². The van der Waals surface area contributed by atoms with Gasteiger partial charge in [-0.15, -0.1) is 0 Å². The molecular weight excluding hydrogens is 813 g/mol. The summed E-state index contributed by atoms with van der Waals surface area (Å²) in [5.41, 5.74) is 16.3. The lowest BCUT2D eigenvalue weighted by molar-refractivity contribution is 0.628. The predicted octanol–water partition coefficient (Wildman–Crippen LogP) is 17.7. The first-order chi connectivity index (χ1) is 32.7. The van der Waals surface area contributed by atoms with Gasteiger partial charge in [-0.2, -0.15) is 0 Å². The van der Waals surface area contributed by atoms with Gasteiger partial charge in [0.15, 0.2) is 0 Å². The standard InChI is InChI=1S/C64H44N2O/c1-63(2)53-33-48-44-23-10-8-21-42(44)41-20-7-9-22-43(41)47(48)31-49(53)50-34-56-60(35-54(50)63)66(59-29-38-17-6-5-16-37(38)28-55(59)64(56,3)4)40-19-15-18-39(30-40)65-57-26-13-11-24-45(57)51-32-52-46-25-12-14-27-61(46)67-62(52)36-58(51)65/h5-36H,1-4H3. The number of aromatic nitrogens is 1. The van der Waals surface area contributed by atoms with Crippen molar-refractivity contribution in [1.29, 1.82) is 0 Å². The molecule has 3 heterocycles. The summed E-state index contributed by atoms with van der Waals surface area (Å²) in [7, 11) is 0. The van der Waals surface area contributed by atoms with E-state index in [9.17, 15) is 0 Å². The number of anilines is 3. The third kappa shape index (κ3) is 4.85. The maximum absolute atomic E-state index is 6.51. The van der Waals surface area contributed by atoms with Crippen molar-refractivity contribution in [3.63, 3.8) is 0 Å². The molecule has 15 rings (SSSR count). The van der Waals surface area contributed by atoms with Crippen molar-refractivity contribution in [3.8, 4) is 16.8 Å². The van der Waals surface area contributed by atoms with E-state index < -0.39 is 0 Å². The van der Waals surface area contributed by atoms with Crippen LogP contribution >= 0.6 is 0 Å². The second-order valence-corrected chi connectivity index (χ2v) is 20.1. The highest BCUT2D eigenvalue weighted by atomic mass is 16.3. The van der Waals surface area contributed by atoms with Gasteiger partial charge in [0.2, 0.25) is 0 Å². The fourth-order valence-corrected chi connectivity index (χ4v) is 12.6. The summed E-state index contributed by atoms with van der Waals surface area (Å²) in [6, 6.07) is 72.7. The highest BCUT2D eigenvalue weighted by molar-refractivity contribution is 6.26. The van der Waals surface area contributed by atoms with Crippen LogP contribution in [0, 0.1) is 0 Å². The van der Waals surface area contributed by atoms with E-state index in [4.69, 9.17) is 4.42 Å². The van der Waals surface area contributed by atoms with E-state index in [1.165, 1.54) is 104 Å². The van der Waals surface area contributed by atoms with Crippen LogP contribution in [0.25, 0.3) is 104 Å². The van der Waals surface area contributed by atoms with Crippen LogP contribution in [0.2, 0.25) is 0 Å². The Kier molecular flexibility index (Phi) is 7.09. The Hall–Kier alpha value is -8.14. The molecule has 0 bridgehead atoms. The zero-order valence-electron chi connectivity index (χ0n) is 37.8. The lowest BCUT2D eigenvalue weighted by Gasteiger charge is -2.43. The molecule has 2 aliphatic rings. The van der Waals surface area contributed by atoms with Crippen molar-refractivity contribution in [2.75, 3.05) is 4.90 Å². The number of furan rings is 1. The molecule has 0 saturated heterocycles. The van der Waals surface area contributed by atoms with Crippen molar-refractivity contribution >= 4 is 104 Å². The quantitative estimate of drug-likeness (QED) is 0.162. The third-order valence-corrected chi connectivity index (χ3v) is 15.9. The SMILES string of the molecule is CC1(C)c2cc3c(cc2-c2cc4c5ccccc5c5ccccc5c4cc21)C(C)(C)c1cc2ccccc2cc1N3c1cccc(-n2c3ccccc3c3cc4c(cc32)oc2ccccc24)c1. The Morgan fingerprint density at radius 3 is 1.64 bits per heavy atom. The molecule has 11 aromatic carbocycles. The second kappa shape index (κ2) is 12.8. The number of nitrogens with zero attached hydrogens (tertiary/aromatic N) is 2. The van der Waals surface area contributed by atoms with Crippen molar-refractivity contribution in [2.24, 2.45) is 0 Å². The van der Waals surface area contributed by atoms with E-state index in [-0.39, 0.29) is 10.8 Å². The zero-order valence-corrected chi connectivity index (χ0v) is 37.8. The third-order valence-electron chi connectivity index (χ3n) is 15.9. The van der Waals surface area contributed by atoms with Crippen LogP contribution in [0.3, 0.4) is 0 Å². The first kappa shape index (κ1) is 37.1. The first-order valence-electron chi connectivity index (χ1n) is 23.6. The molecule has 0 N–H and O–H groups in total. The summed E-state index contributed by atoms with van der Waals surface area (Å²) in [5.74, 6) is 0. The van der Waals surface area contributed by atoms with Gasteiger partial charge in [0.25, 0.3) is 0 Å². The van der Waals surface area contributed by atoms with Crippen molar-refractivity contribution in [2.45, 2.75) is 38.5 Å². The predicted molar refractivity (Wildman–Crippen MR) is 282 cm³/mol. The van der Waals surface area contributed by atoms with Crippen LogP contribution in [0.4, 0.5) is 17.1 Å². The smallest absolute Gasteiger partial charge is 0.137 e. The molecule has 1 aliphatic heterocycles. The fraction of sp³-hybridized carbons (Fsp3) is 0.0938. The van der Waals surface area contributed by atoms with Crippen LogP contribution in [0.15, 0.2) is 199 Å². The van der Waals surface area contributed by atoms with E-state index in [0.717, 1.165) is 38.8 Å². The Bertz CT molecular complexity index is 4350. The zero-order chi connectivity index (χ0) is 44.5. The molecule has 0 amide bonds. The summed E-state index contributed by atoms with van der Waals surface area (Å²) < 4.78 is 8.94. The minimum atomic E-state index is -0.296. The highest BCUT2D eigenvalue weighted by Gasteiger charge is 2.43. The fourth-order valence-electron chi connectivity index (χ4n) is 12.6. The van der Waals surface area contributed by atoms with Crippen LogP contribution in [0.5, 0.6) is 0 Å². The number of hydrogen-bond acceptors (Lipinski definition) is 2. The van der Waals surface area contributed by atoms with Gasteiger partial charge in [-0.3, -0.25) is 0 Å². The van der Waals surface area contributed by atoms with Gasteiger partial charge >= 0.3 is 0 Å². The molecular formula is C64H44N2O. The van der Waals surface area contributed by atoms with Crippen LogP contribution in [0.1, 0.15) is 49.9 Å². The molecule has 0 fully saturated rings. The lowest BCUT2D eigenvalue weighted by atomic mass is 9.71. The van der Waals surface area contributed by atoms with Crippen LogP contribution < -0.4 is 4.90 Å². The largest absolute Gasteiger partial charge is 0.456 e. The molecule has 2 aromatic heterocycles. The van der Waals surface area contributed by atoms with Gasteiger partial charge in [-0.25, -0.2) is 0 Å². The number of hydrogen-bond donors (Lipinski definition) is 0. The maximum Gasteiger partial charge on any atom is 0.137 e. The van der Waals surface area contributed by atoms with Crippen molar-refractivity contribution < 1.29 is 4.42 Å². The Balaban J connectivity index is 0.985. The molecule has 316 valence electrons. The Morgan fingerprint density at radius 2 is 0.881 bits per heavy atom. The van der Waals surface area contributed by atoms with Crippen molar-refractivity contribution in [1.82, 2.24) is 4.57 Å². The normalized spacial score (nSPS) is 14.8. The van der Waals surface area contributed by atoms with E-state index in [0.29, 0.717) is 0 Å². The van der Waals surface area contributed by atoms with Gasteiger partial charge in [-0.1, -0.05) is 143 Å². The molecule has 0 spiro atoms. The van der Waals surface area contributed by atoms with Gasteiger partial charge in [0, 0.05) is 49.8 Å². The summed E-state index contributed by atoms with van der Waals surface area (Å²) >= 11 is 0. The highest BCUT2D eigenvalue weighted by Crippen LogP contribution is 2.59. The molecule has 0 saturated carbocycles. The van der Waals surface area contributed by atoms with Gasteiger partial charge < -0.3 is 13.9 Å². The van der Waals surface area contributed by atoms with Gasteiger partial charge in [0.05, 0.1) is 22.4 Å². The average molecular weight is 857 g/mol. The van der Waals surface area contributed by atoms with Gasteiger partial charge in [-0.05, 0) is 149 Å². The average Bonchev–Trinajstić information content (AvgIpc) is 3.96. The molecule has 3 heteroatoms. The molecule has 67 heavy (non-hydrogen) atoms. The summed E-state index contributed by atoms with van der Waals surface area (Å²) in [5, 5.41) is 15.1. The topological polar surface area (TPSA) is 21.3 Å². The maximum atomic E-state index is 6.51. The molecule has 13 aromatic rings. The minimum Gasteiger partial charge on any atom is -0.456 e. The van der Waals surface area contributed by atoms with Crippen molar-refractivity contribution in [3.05, 3.63) is 216 Å². The first-order valence-corrected chi connectivity index (χ1v) is 23.6. The van der Waals surface area contributed by atoms with E-state index >= 15 is 0 Å². The number of rotatable bonds is 2. The molecule has 1 aliphatic carbocycles. The Labute approximate surface area is 387 Å². The number of benzene rings is 11. The Morgan fingerprint density at radius 1 is 0.328 bits per heavy atom. The molecule has 0 radical (unpaired) electrons. The minimum absolute atomic E-state index is 0.243. The monoisotopic (exact) mass is 856 g/mol. The molecule has 0 atom stereocenters. The van der Waals surface area contributed by atoms with E-state index in [1.54, 1.807) is 0 Å². The number of fused-ring (bicyclic) bond motifs is 18. The van der Waals surface area contributed by atoms with Crippen LogP contribution in [-0.4, -0.2) is 4.57 Å².